The van der Waals surface area contributed by atoms with Gasteiger partial charge in [0.05, 0.1) is 18.1 Å². The topological polar surface area (TPSA) is 75.7 Å². The Morgan fingerprint density at radius 1 is 1.50 bits per heavy atom. The Labute approximate surface area is 135 Å². The number of amides is 2. The average Bonchev–Trinajstić information content (AvgIpc) is 2.77. The minimum Gasteiger partial charge on any atom is -0.492 e. The Kier molecular flexibility index (Phi) is 5.52. The molecular formula is C14H19ClN2O4S. The molecule has 0 spiro atoms. The molecule has 1 N–H and O–H groups in total. The minimum atomic E-state index is -2.99. The molecule has 0 saturated carbocycles. The van der Waals surface area contributed by atoms with Gasteiger partial charge in [0, 0.05) is 18.1 Å². The lowest BCUT2D eigenvalue weighted by Gasteiger charge is -2.20. The summed E-state index contributed by atoms with van der Waals surface area (Å²) in [5.74, 6) is 0.800. The van der Waals surface area contributed by atoms with Crippen LogP contribution >= 0.6 is 11.6 Å². The molecule has 1 aliphatic heterocycles. The van der Waals surface area contributed by atoms with Gasteiger partial charge in [0.1, 0.15) is 12.4 Å². The highest BCUT2D eigenvalue weighted by Crippen LogP contribution is 2.17. The Morgan fingerprint density at radius 3 is 2.91 bits per heavy atom. The molecule has 1 atom stereocenters. The average molecular weight is 347 g/mol. The van der Waals surface area contributed by atoms with Crippen molar-refractivity contribution in [2.24, 2.45) is 0 Å². The fourth-order valence-electron chi connectivity index (χ4n) is 2.15. The van der Waals surface area contributed by atoms with E-state index in [0.717, 1.165) is 0 Å². The fraction of sp³-hybridized carbons (Fsp3) is 0.500. The molecule has 22 heavy (non-hydrogen) atoms. The first kappa shape index (κ1) is 16.9. The molecule has 122 valence electrons. The van der Waals surface area contributed by atoms with E-state index < -0.39 is 9.84 Å². The van der Waals surface area contributed by atoms with Gasteiger partial charge >= 0.3 is 6.03 Å². The third-order valence-corrected chi connectivity index (χ3v) is 5.40. The van der Waals surface area contributed by atoms with Crippen LogP contribution in [0.25, 0.3) is 0 Å². The second kappa shape index (κ2) is 7.19. The van der Waals surface area contributed by atoms with Gasteiger partial charge in [0.15, 0.2) is 9.84 Å². The van der Waals surface area contributed by atoms with Crippen molar-refractivity contribution in [3.8, 4) is 5.75 Å². The Balaban J connectivity index is 1.72. The zero-order chi connectivity index (χ0) is 16.2. The summed E-state index contributed by atoms with van der Waals surface area (Å²) >= 11 is 5.85. The fourth-order valence-corrected chi connectivity index (χ4v) is 4.01. The molecule has 1 saturated heterocycles. The van der Waals surface area contributed by atoms with Crippen LogP contribution in [0.2, 0.25) is 5.02 Å². The summed E-state index contributed by atoms with van der Waals surface area (Å²) in [4.78, 5) is 13.4. The number of benzene rings is 1. The van der Waals surface area contributed by atoms with Gasteiger partial charge in [-0.1, -0.05) is 17.7 Å². The molecule has 1 fully saturated rings. The van der Waals surface area contributed by atoms with Crippen molar-refractivity contribution >= 4 is 27.5 Å². The van der Waals surface area contributed by atoms with Crippen molar-refractivity contribution in [2.75, 3.05) is 31.7 Å². The molecule has 6 nitrogen and oxygen atoms in total. The van der Waals surface area contributed by atoms with Crippen molar-refractivity contribution in [3.05, 3.63) is 29.3 Å². The van der Waals surface area contributed by atoms with Crippen molar-refractivity contribution in [1.29, 1.82) is 0 Å². The molecule has 0 bridgehead atoms. The van der Waals surface area contributed by atoms with Crippen LogP contribution in [0.5, 0.6) is 5.75 Å². The zero-order valence-electron chi connectivity index (χ0n) is 12.3. The minimum absolute atomic E-state index is 0.0194. The second-order valence-corrected chi connectivity index (χ2v) is 7.94. The highest BCUT2D eigenvalue weighted by atomic mass is 35.5. The van der Waals surface area contributed by atoms with Gasteiger partial charge in [-0.05, 0) is 24.6 Å². The number of urea groups is 1. The van der Waals surface area contributed by atoms with E-state index in [-0.39, 0.29) is 23.6 Å². The highest BCUT2D eigenvalue weighted by Gasteiger charge is 2.29. The molecule has 2 amide bonds. The number of ether oxygens (including phenoxy) is 1. The van der Waals surface area contributed by atoms with E-state index >= 15 is 0 Å². The van der Waals surface area contributed by atoms with Crippen LogP contribution in [-0.4, -0.2) is 57.1 Å². The van der Waals surface area contributed by atoms with Gasteiger partial charge in [-0.3, -0.25) is 0 Å². The maximum atomic E-state index is 11.9. The van der Waals surface area contributed by atoms with E-state index in [0.29, 0.717) is 30.3 Å². The third kappa shape index (κ3) is 5.06. The van der Waals surface area contributed by atoms with E-state index in [4.69, 9.17) is 16.3 Å². The normalized spacial score (nSPS) is 19.6. The summed E-state index contributed by atoms with van der Waals surface area (Å²) in [5.41, 5.74) is 0. The van der Waals surface area contributed by atoms with Gasteiger partial charge < -0.3 is 15.0 Å². The lowest BCUT2D eigenvalue weighted by Crippen LogP contribution is -2.44. The number of sulfone groups is 1. The van der Waals surface area contributed by atoms with Crippen LogP contribution in [-0.2, 0) is 9.84 Å². The third-order valence-electron chi connectivity index (χ3n) is 3.40. The number of nitrogens with one attached hydrogen (secondary N) is 1. The van der Waals surface area contributed by atoms with Crippen LogP contribution in [0.15, 0.2) is 24.3 Å². The molecule has 1 heterocycles. The van der Waals surface area contributed by atoms with Crippen LogP contribution in [0.1, 0.15) is 6.42 Å². The van der Waals surface area contributed by atoms with Crippen molar-refractivity contribution in [1.82, 2.24) is 10.2 Å². The number of carbonyl (C=O) groups is 1. The molecule has 0 aromatic heterocycles. The van der Waals surface area contributed by atoms with Gasteiger partial charge in [-0.2, -0.15) is 0 Å². The lowest BCUT2D eigenvalue weighted by molar-refractivity contribution is 0.192. The quantitative estimate of drug-likeness (QED) is 0.877. The molecule has 1 aromatic rings. The van der Waals surface area contributed by atoms with Crippen molar-refractivity contribution < 1.29 is 17.9 Å². The Bertz CT molecular complexity index is 635. The van der Waals surface area contributed by atoms with Crippen molar-refractivity contribution in [3.63, 3.8) is 0 Å². The molecule has 2 rings (SSSR count). The smallest absolute Gasteiger partial charge is 0.317 e. The summed E-state index contributed by atoms with van der Waals surface area (Å²) < 4.78 is 28.2. The Hall–Kier alpha value is -1.47. The van der Waals surface area contributed by atoms with E-state index in [1.165, 1.54) is 4.90 Å². The van der Waals surface area contributed by atoms with Crippen molar-refractivity contribution in [2.45, 2.75) is 12.5 Å². The van der Waals surface area contributed by atoms with Gasteiger partial charge in [0.2, 0.25) is 0 Å². The van der Waals surface area contributed by atoms with Crippen LogP contribution in [0, 0.1) is 0 Å². The molecule has 1 aliphatic rings. The van der Waals surface area contributed by atoms with Gasteiger partial charge in [0.25, 0.3) is 0 Å². The number of halogens is 1. The number of carbonyl (C=O) groups excluding carboxylic acids is 1. The molecule has 1 aromatic carbocycles. The number of rotatable bonds is 5. The predicted octanol–water partition coefficient (Wildman–Crippen LogP) is 1.55. The molecular weight excluding hydrogens is 328 g/mol. The van der Waals surface area contributed by atoms with Crippen LogP contribution in [0.4, 0.5) is 4.79 Å². The maximum absolute atomic E-state index is 11.9. The SMILES string of the molecule is CN(CCOc1cccc(Cl)c1)C(=O)N[C@@H]1CCS(=O)(=O)C1. The second-order valence-electron chi connectivity index (χ2n) is 5.28. The predicted molar refractivity (Wildman–Crippen MR) is 85.2 cm³/mol. The van der Waals surface area contributed by atoms with Gasteiger partial charge in [-0.25, -0.2) is 13.2 Å². The number of likely N-dealkylation sites (N-methyl/N-ethyl adjacent to an activating group) is 1. The van der Waals surface area contributed by atoms with Crippen LogP contribution < -0.4 is 10.1 Å². The number of nitrogens with zero attached hydrogens (tertiary/aromatic N) is 1. The Morgan fingerprint density at radius 2 is 2.27 bits per heavy atom. The summed E-state index contributed by atoms with van der Waals surface area (Å²) in [5, 5.41) is 3.31. The molecule has 0 aliphatic carbocycles. The standard InChI is InChI=1S/C14H19ClN2O4S/c1-17(6-7-21-13-4-2-3-11(15)9-13)14(18)16-12-5-8-22(19,20)10-12/h2-4,9,12H,5-8,10H2,1H3,(H,16,18)/t12-/m1/s1. The lowest BCUT2D eigenvalue weighted by atomic mass is 10.3. The van der Waals surface area contributed by atoms with Crippen LogP contribution in [0.3, 0.4) is 0 Å². The van der Waals surface area contributed by atoms with E-state index in [2.05, 4.69) is 5.32 Å². The summed E-state index contributed by atoms with van der Waals surface area (Å²) in [6.07, 6.45) is 0.473. The van der Waals surface area contributed by atoms with E-state index in [1.807, 2.05) is 0 Å². The van der Waals surface area contributed by atoms with E-state index in [9.17, 15) is 13.2 Å². The first-order chi connectivity index (χ1) is 10.4. The summed E-state index contributed by atoms with van der Waals surface area (Å²) in [6, 6.07) is 6.43. The van der Waals surface area contributed by atoms with E-state index in [1.54, 1.807) is 31.3 Å². The summed E-state index contributed by atoms with van der Waals surface area (Å²) in [6.45, 7) is 0.713. The number of hydrogen-bond donors (Lipinski definition) is 1. The molecule has 8 heteroatoms. The first-order valence-electron chi connectivity index (χ1n) is 6.96. The summed E-state index contributed by atoms with van der Waals surface area (Å²) in [7, 11) is -1.36. The number of hydrogen-bond acceptors (Lipinski definition) is 4. The molecule has 0 radical (unpaired) electrons. The largest absolute Gasteiger partial charge is 0.492 e. The first-order valence-corrected chi connectivity index (χ1v) is 9.16. The zero-order valence-corrected chi connectivity index (χ0v) is 13.9. The molecule has 0 unspecified atom stereocenters. The maximum Gasteiger partial charge on any atom is 0.317 e. The highest BCUT2D eigenvalue weighted by molar-refractivity contribution is 7.91. The van der Waals surface area contributed by atoms with Gasteiger partial charge in [-0.15, -0.1) is 0 Å². The monoisotopic (exact) mass is 346 g/mol.